The summed E-state index contributed by atoms with van der Waals surface area (Å²) in [5.74, 6) is 0. The molecule has 3 nitrogen and oxygen atoms in total. The highest BCUT2D eigenvalue weighted by molar-refractivity contribution is 6.90. The molecule has 2 aliphatic heterocycles. The zero-order chi connectivity index (χ0) is 21.3. The van der Waals surface area contributed by atoms with Crippen molar-refractivity contribution in [3.8, 4) is 16.8 Å². The van der Waals surface area contributed by atoms with Crippen LogP contribution in [-0.2, 0) is 0 Å². The Hall–Kier alpha value is -4.31. The maximum Gasteiger partial charge on any atom is 0.334 e. The molecule has 4 aromatic carbocycles. The van der Waals surface area contributed by atoms with Crippen LogP contribution in [0.4, 0.5) is 0 Å². The molecule has 33 heavy (non-hydrogen) atoms. The van der Waals surface area contributed by atoms with Crippen molar-refractivity contribution in [1.82, 2.24) is 14.0 Å². The highest BCUT2D eigenvalue weighted by Crippen LogP contribution is 2.41. The Balaban J connectivity index is 1.60. The lowest BCUT2D eigenvalue weighted by Crippen LogP contribution is -2.55. The predicted molar refractivity (Wildman–Crippen MR) is 137 cm³/mol. The van der Waals surface area contributed by atoms with Crippen molar-refractivity contribution in [2.75, 3.05) is 0 Å². The fraction of sp³-hybridized carbons (Fsp3) is 0. The van der Waals surface area contributed by atoms with Gasteiger partial charge in [0.1, 0.15) is 5.65 Å². The van der Waals surface area contributed by atoms with Crippen LogP contribution in [0.1, 0.15) is 0 Å². The van der Waals surface area contributed by atoms with Crippen molar-refractivity contribution in [2.24, 2.45) is 0 Å². The van der Waals surface area contributed by atoms with Crippen LogP contribution in [0.3, 0.4) is 0 Å². The van der Waals surface area contributed by atoms with Crippen molar-refractivity contribution in [3.05, 3.63) is 97.2 Å². The van der Waals surface area contributed by atoms with E-state index in [0.29, 0.717) is 0 Å². The first kappa shape index (κ1) is 16.3. The number of pyridine rings is 1. The molecule has 150 valence electrons. The molecule has 7 aromatic rings. The van der Waals surface area contributed by atoms with Gasteiger partial charge in [0.05, 0.1) is 11.0 Å². The second kappa shape index (κ2) is 5.36. The van der Waals surface area contributed by atoms with E-state index in [9.17, 15) is 0 Å². The third-order valence-electron chi connectivity index (χ3n) is 7.75. The largest absolute Gasteiger partial charge is 0.360 e. The normalized spacial score (nSPS) is 13.4. The van der Waals surface area contributed by atoms with Crippen molar-refractivity contribution in [3.63, 3.8) is 0 Å². The van der Waals surface area contributed by atoms with Crippen molar-refractivity contribution in [1.29, 1.82) is 0 Å². The third-order valence-corrected chi connectivity index (χ3v) is 7.75. The molecule has 0 unspecified atom stereocenters. The van der Waals surface area contributed by atoms with E-state index in [0.717, 1.165) is 5.65 Å². The van der Waals surface area contributed by atoms with Crippen LogP contribution in [0, 0.1) is 0 Å². The van der Waals surface area contributed by atoms with Crippen LogP contribution in [0.5, 0.6) is 0 Å². The van der Waals surface area contributed by atoms with Gasteiger partial charge in [-0.3, -0.25) is 0 Å². The van der Waals surface area contributed by atoms with Gasteiger partial charge in [0, 0.05) is 44.5 Å². The van der Waals surface area contributed by atoms with Gasteiger partial charge < -0.3 is 9.05 Å². The molecule has 0 radical (unpaired) electrons. The zero-order valence-corrected chi connectivity index (χ0v) is 17.7. The average Bonchev–Trinajstić information content (AvgIpc) is 3.39. The molecular weight excluding hydrogens is 401 g/mol. The molecule has 0 N–H and O–H groups in total. The topological polar surface area (TPSA) is 22.8 Å². The predicted octanol–water partition coefficient (Wildman–Crippen LogP) is 5.23. The van der Waals surface area contributed by atoms with Crippen molar-refractivity contribution in [2.45, 2.75) is 0 Å². The SMILES string of the molecule is c1cc2c3c(c1)-n1c4ccccc4c4cccc(c41)B3n1c3ncccc3c3cccc-2c31. The summed E-state index contributed by atoms with van der Waals surface area (Å²) in [5.41, 5.74) is 11.6. The number of rotatable bonds is 0. The standard InChI is InChI=1S/C29H16BN3/c1-2-14-24-17(7-1)19-11-4-13-23-28(19)32(24)25-15-5-8-18-20-9-3-10-21-22-12-6-16-31-29(22)33(27(20)21)30(23)26(18)25/h1-16H. The maximum absolute atomic E-state index is 4.91. The van der Waals surface area contributed by atoms with Gasteiger partial charge in [-0.15, -0.1) is 0 Å². The van der Waals surface area contributed by atoms with Crippen LogP contribution >= 0.6 is 0 Å². The summed E-state index contributed by atoms with van der Waals surface area (Å²) in [6.07, 6.45) is 1.92. The van der Waals surface area contributed by atoms with E-state index in [1.54, 1.807) is 0 Å². The number of nitrogens with zero attached hydrogens (tertiary/aromatic N) is 3. The highest BCUT2D eigenvalue weighted by atomic mass is 15.0. The van der Waals surface area contributed by atoms with E-state index < -0.39 is 0 Å². The Labute approximate surface area is 189 Å². The molecule has 0 saturated heterocycles. The molecule has 5 heterocycles. The lowest BCUT2D eigenvalue weighted by atomic mass is 9.46. The Morgan fingerprint density at radius 2 is 1.36 bits per heavy atom. The minimum atomic E-state index is 0.0986. The monoisotopic (exact) mass is 417 g/mol. The van der Waals surface area contributed by atoms with Crippen LogP contribution < -0.4 is 10.9 Å². The van der Waals surface area contributed by atoms with E-state index in [-0.39, 0.29) is 6.85 Å². The lowest BCUT2D eigenvalue weighted by Gasteiger charge is -2.33. The van der Waals surface area contributed by atoms with Crippen LogP contribution in [0.2, 0.25) is 0 Å². The molecule has 3 aromatic heterocycles. The molecule has 2 aliphatic rings. The number of hydrogen-bond acceptors (Lipinski definition) is 1. The van der Waals surface area contributed by atoms with Gasteiger partial charge in [0.25, 0.3) is 0 Å². The number of benzene rings is 4. The summed E-state index contributed by atoms with van der Waals surface area (Å²) in [6.45, 7) is 0.0986. The molecular formula is C29H16BN3. The smallest absolute Gasteiger partial charge is 0.334 e. The highest BCUT2D eigenvalue weighted by Gasteiger charge is 2.41. The van der Waals surface area contributed by atoms with Crippen LogP contribution in [0.25, 0.3) is 60.6 Å². The molecule has 9 rings (SSSR count). The first-order chi connectivity index (χ1) is 16.4. The molecule has 0 saturated carbocycles. The Morgan fingerprint density at radius 3 is 2.33 bits per heavy atom. The number of hydrogen-bond donors (Lipinski definition) is 0. The van der Waals surface area contributed by atoms with E-state index in [4.69, 9.17) is 4.98 Å². The fourth-order valence-electron chi connectivity index (χ4n) is 6.60. The number of para-hydroxylation sites is 3. The van der Waals surface area contributed by atoms with Gasteiger partial charge in [-0.25, -0.2) is 4.98 Å². The van der Waals surface area contributed by atoms with E-state index in [1.807, 2.05) is 6.20 Å². The lowest BCUT2D eigenvalue weighted by molar-refractivity contribution is 1.17. The second-order valence-electron chi connectivity index (χ2n) is 9.18. The van der Waals surface area contributed by atoms with E-state index in [2.05, 4.69) is 100 Å². The van der Waals surface area contributed by atoms with Crippen LogP contribution in [0.15, 0.2) is 97.2 Å². The summed E-state index contributed by atoms with van der Waals surface area (Å²) in [7, 11) is 0. The van der Waals surface area contributed by atoms with Crippen molar-refractivity contribution >= 4 is 61.5 Å². The first-order valence-electron chi connectivity index (χ1n) is 11.5. The van der Waals surface area contributed by atoms with Gasteiger partial charge in [0.2, 0.25) is 0 Å². The van der Waals surface area contributed by atoms with Gasteiger partial charge in [0.15, 0.2) is 0 Å². The summed E-state index contributed by atoms with van der Waals surface area (Å²) >= 11 is 0. The van der Waals surface area contributed by atoms with Gasteiger partial charge in [-0.2, -0.15) is 0 Å². The molecule has 0 amide bonds. The second-order valence-corrected chi connectivity index (χ2v) is 9.18. The third kappa shape index (κ3) is 1.70. The van der Waals surface area contributed by atoms with Crippen molar-refractivity contribution < 1.29 is 0 Å². The fourth-order valence-corrected chi connectivity index (χ4v) is 6.60. The number of aromatic nitrogens is 3. The number of fused-ring (bicyclic) bond motifs is 10. The quantitative estimate of drug-likeness (QED) is 0.310. The zero-order valence-electron chi connectivity index (χ0n) is 17.7. The summed E-state index contributed by atoms with van der Waals surface area (Å²) in [5, 5.41) is 5.13. The van der Waals surface area contributed by atoms with Crippen LogP contribution in [-0.4, -0.2) is 20.9 Å². The Morgan fingerprint density at radius 1 is 0.606 bits per heavy atom. The molecule has 0 fully saturated rings. The minimum Gasteiger partial charge on any atom is -0.360 e. The molecule has 0 atom stereocenters. The summed E-state index contributed by atoms with van der Waals surface area (Å²) in [6, 6.07) is 33.4. The van der Waals surface area contributed by atoms with Gasteiger partial charge in [-0.05, 0) is 40.8 Å². The van der Waals surface area contributed by atoms with E-state index >= 15 is 0 Å². The Kier molecular flexibility index (Phi) is 2.65. The maximum atomic E-state index is 4.91. The molecule has 0 spiro atoms. The Bertz CT molecular complexity index is 1990. The summed E-state index contributed by atoms with van der Waals surface area (Å²) < 4.78 is 4.99. The van der Waals surface area contributed by atoms with E-state index in [1.165, 1.54) is 65.8 Å². The molecule has 4 heteroatoms. The first-order valence-corrected chi connectivity index (χ1v) is 11.5. The molecule has 0 bridgehead atoms. The average molecular weight is 417 g/mol. The van der Waals surface area contributed by atoms with Gasteiger partial charge >= 0.3 is 6.85 Å². The molecule has 0 aliphatic carbocycles. The van der Waals surface area contributed by atoms with Gasteiger partial charge in [-0.1, -0.05) is 66.7 Å². The summed E-state index contributed by atoms with van der Waals surface area (Å²) in [4.78, 5) is 4.91. The minimum absolute atomic E-state index is 0.0986.